The summed E-state index contributed by atoms with van der Waals surface area (Å²) in [5, 5.41) is 0.619. The van der Waals surface area contributed by atoms with Crippen molar-refractivity contribution in [2.45, 2.75) is 26.8 Å². The molecule has 1 atom stereocenters. The van der Waals surface area contributed by atoms with Crippen molar-refractivity contribution in [1.29, 1.82) is 0 Å². The third-order valence-corrected chi connectivity index (χ3v) is 7.83. The minimum absolute atomic E-state index is 0.221. The molecule has 0 aliphatic carbocycles. The Kier molecular flexibility index (Phi) is 7.34. The normalized spacial score (nSPS) is 15.2. The summed E-state index contributed by atoms with van der Waals surface area (Å²) in [5.41, 5.74) is 4.34. The number of carbonyl (C=O) groups is 1. The lowest BCUT2D eigenvalue weighted by Crippen LogP contribution is -2.39. The van der Waals surface area contributed by atoms with Gasteiger partial charge in [0.25, 0.3) is 5.56 Å². The second-order valence-electron chi connectivity index (χ2n) is 9.45. The van der Waals surface area contributed by atoms with Crippen LogP contribution in [0.4, 0.5) is 5.69 Å². The zero-order valence-electron chi connectivity index (χ0n) is 22.3. The first kappa shape index (κ1) is 26.7. The van der Waals surface area contributed by atoms with Gasteiger partial charge in [-0.15, -0.1) is 0 Å². The van der Waals surface area contributed by atoms with Crippen molar-refractivity contribution < 1.29 is 13.9 Å². The van der Waals surface area contributed by atoms with Crippen LogP contribution >= 0.6 is 22.9 Å². The maximum absolute atomic E-state index is 13.8. The number of anilines is 1. The molecular formula is C30H28ClN3O4S. The van der Waals surface area contributed by atoms with Gasteiger partial charge in [-0.05, 0) is 68.3 Å². The lowest BCUT2D eigenvalue weighted by atomic mass is 9.95. The number of benzene rings is 2. The molecule has 0 amide bonds. The molecule has 0 N–H and O–H groups in total. The Morgan fingerprint density at radius 3 is 2.59 bits per heavy atom. The molecule has 0 bridgehead atoms. The molecule has 2 aromatic carbocycles. The van der Waals surface area contributed by atoms with Crippen LogP contribution in [-0.2, 0) is 9.53 Å². The number of halogens is 1. The van der Waals surface area contributed by atoms with E-state index in [4.69, 9.17) is 20.8 Å². The topological polar surface area (TPSA) is 77.0 Å². The van der Waals surface area contributed by atoms with E-state index in [1.165, 1.54) is 11.3 Å². The number of hydrogen-bond acceptors (Lipinski definition) is 7. The Balaban J connectivity index is 1.63. The van der Waals surface area contributed by atoms with Gasteiger partial charge in [0.15, 0.2) is 4.80 Å². The molecule has 0 fully saturated rings. The summed E-state index contributed by atoms with van der Waals surface area (Å²) in [6.07, 6.45) is 1.71. The highest BCUT2D eigenvalue weighted by atomic mass is 35.5. The van der Waals surface area contributed by atoms with Gasteiger partial charge in [-0.2, -0.15) is 0 Å². The van der Waals surface area contributed by atoms with Gasteiger partial charge >= 0.3 is 5.97 Å². The van der Waals surface area contributed by atoms with Crippen LogP contribution in [0.15, 0.2) is 80.1 Å². The molecule has 2 aromatic heterocycles. The van der Waals surface area contributed by atoms with E-state index in [1.54, 1.807) is 24.5 Å². The van der Waals surface area contributed by atoms with Gasteiger partial charge in [0.2, 0.25) is 0 Å². The van der Waals surface area contributed by atoms with Gasteiger partial charge in [0.1, 0.15) is 11.5 Å². The van der Waals surface area contributed by atoms with Crippen LogP contribution in [0, 0.1) is 6.92 Å². The second-order valence-corrected chi connectivity index (χ2v) is 10.9. The Bertz CT molecular complexity index is 1780. The van der Waals surface area contributed by atoms with Crippen LogP contribution in [0.25, 0.3) is 17.4 Å². The van der Waals surface area contributed by atoms with E-state index in [9.17, 15) is 9.59 Å². The quantitative estimate of drug-likeness (QED) is 0.307. The number of ether oxygens (including phenoxy) is 1. The molecule has 7 nitrogen and oxygen atoms in total. The number of hydrogen-bond donors (Lipinski definition) is 0. The van der Waals surface area contributed by atoms with E-state index < -0.39 is 12.0 Å². The number of aromatic nitrogens is 1. The van der Waals surface area contributed by atoms with Crippen LogP contribution in [0.2, 0.25) is 5.02 Å². The monoisotopic (exact) mass is 561 g/mol. The number of aryl methyl sites for hydroxylation is 1. The molecular weight excluding hydrogens is 534 g/mol. The summed E-state index contributed by atoms with van der Waals surface area (Å²) in [6, 6.07) is 16.4. The highest BCUT2D eigenvalue weighted by Gasteiger charge is 2.33. The Morgan fingerprint density at radius 1 is 1.15 bits per heavy atom. The number of thiazole rings is 1. The van der Waals surface area contributed by atoms with Gasteiger partial charge in [-0.1, -0.05) is 41.1 Å². The number of fused-ring (bicyclic) bond motifs is 1. The number of esters is 1. The Hall–Kier alpha value is -3.88. The second kappa shape index (κ2) is 10.7. The SMILES string of the molecule is CCOC(=O)C1=C(C)N=c2s/c(=C\c3ccc(-c4cc(Cl)ccc4C)o3)c(=O)n2[C@@H]1c1ccc(N(C)C)cc1. The van der Waals surface area contributed by atoms with E-state index >= 15 is 0 Å². The molecule has 0 saturated carbocycles. The third-order valence-electron chi connectivity index (χ3n) is 6.61. The first-order chi connectivity index (χ1) is 18.7. The molecule has 4 aromatic rings. The molecule has 5 rings (SSSR count). The van der Waals surface area contributed by atoms with Crippen molar-refractivity contribution in [1.82, 2.24) is 4.57 Å². The van der Waals surface area contributed by atoms with Gasteiger partial charge in [-0.25, -0.2) is 9.79 Å². The summed E-state index contributed by atoms with van der Waals surface area (Å²) >= 11 is 7.45. The number of carbonyl (C=O) groups excluding carboxylic acids is 1. The van der Waals surface area contributed by atoms with Crippen molar-refractivity contribution >= 4 is 40.7 Å². The average Bonchev–Trinajstić information content (AvgIpc) is 3.49. The summed E-state index contributed by atoms with van der Waals surface area (Å²) in [4.78, 5) is 34.0. The first-order valence-electron chi connectivity index (χ1n) is 12.5. The van der Waals surface area contributed by atoms with E-state index in [2.05, 4.69) is 4.99 Å². The van der Waals surface area contributed by atoms with Crippen molar-refractivity contribution in [3.05, 3.63) is 107 Å². The number of nitrogens with zero attached hydrogens (tertiary/aromatic N) is 3. The standard InChI is InChI=1S/C30H28ClN3O4S/c1-6-37-29(36)26-18(3)32-30-34(27(26)19-8-11-21(12-9-19)33(4)5)28(35)25(39-30)16-22-13-14-24(38-22)23-15-20(31)10-7-17(23)2/h7-16,27H,6H2,1-5H3/b25-16-/t27-/m1/s1. The van der Waals surface area contributed by atoms with Gasteiger partial charge < -0.3 is 14.1 Å². The molecule has 9 heteroatoms. The van der Waals surface area contributed by atoms with Crippen molar-refractivity contribution in [2.75, 3.05) is 25.6 Å². The van der Waals surface area contributed by atoms with Crippen LogP contribution in [0.3, 0.4) is 0 Å². The molecule has 0 saturated heterocycles. The first-order valence-corrected chi connectivity index (χ1v) is 13.7. The van der Waals surface area contributed by atoms with E-state index in [-0.39, 0.29) is 12.2 Å². The van der Waals surface area contributed by atoms with Gasteiger partial charge in [0, 0.05) is 36.4 Å². The molecule has 200 valence electrons. The van der Waals surface area contributed by atoms with Crippen LogP contribution in [0.1, 0.15) is 36.8 Å². The van der Waals surface area contributed by atoms with Crippen LogP contribution in [0.5, 0.6) is 0 Å². The average molecular weight is 562 g/mol. The van der Waals surface area contributed by atoms with Gasteiger partial charge in [0.05, 0.1) is 28.5 Å². The smallest absolute Gasteiger partial charge is 0.338 e. The molecule has 39 heavy (non-hydrogen) atoms. The molecule has 1 aliphatic rings. The molecule has 0 radical (unpaired) electrons. The fourth-order valence-electron chi connectivity index (χ4n) is 4.63. The van der Waals surface area contributed by atoms with E-state index in [1.807, 2.05) is 80.5 Å². The highest BCUT2D eigenvalue weighted by molar-refractivity contribution is 7.07. The molecule has 0 spiro atoms. The Labute approximate surface area is 234 Å². The lowest BCUT2D eigenvalue weighted by molar-refractivity contribution is -0.139. The van der Waals surface area contributed by atoms with Crippen molar-refractivity contribution in [3.8, 4) is 11.3 Å². The number of rotatable bonds is 6. The van der Waals surface area contributed by atoms with Gasteiger partial charge in [-0.3, -0.25) is 9.36 Å². The van der Waals surface area contributed by atoms with Crippen molar-refractivity contribution in [2.24, 2.45) is 4.99 Å². The maximum atomic E-state index is 13.8. The lowest BCUT2D eigenvalue weighted by Gasteiger charge is -2.25. The summed E-state index contributed by atoms with van der Waals surface area (Å²) < 4.78 is 13.5. The summed E-state index contributed by atoms with van der Waals surface area (Å²) in [7, 11) is 3.92. The third kappa shape index (κ3) is 5.10. The molecule has 1 aliphatic heterocycles. The predicted octanol–water partition coefficient (Wildman–Crippen LogP) is 5.09. The summed E-state index contributed by atoms with van der Waals surface area (Å²) in [5.74, 6) is 0.707. The fraction of sp³-hybridized carbons (Fsp3) is 0.233. The zero-order chi connectivity index (χ0) is 27.8. The largest absolute Gasteiger partial charge is 0.463 e. The predicted molar refractivity (Wildman–Crippen MR) is 155 cm³/mol. The van der Waals surface area contributed by atoms with E-state index in [0.717, 1.165) is 22.4 Å². The van der Waals surface area contributed by atoms with Crippen LogP contribution in [-0.4, -0.2) is 31.2 Å². The van der Waals surface area contributed by atoms with E-state index in [0.29, 0.717) is 37.1 Å². The minimum Gasteiger partial charge on any atom is -0.463 e. The number of furan rings is 1. The number of allylic oxidation sites excluding steroid dienone is 1. The maximum Gasteiger partial charge on any atom is 0.338 e. The van der Waals surface area contributed by atoms with Crippen LogP contribution < -0.4 is 19.8 Å². The highest BCUT2D eigenvalue weighted by Crippen LogP contribution is 2.32. The zero-order valence-corrected chi connectivity index (χ0v) is 23.9. The fourth-order valence-corrected chi connectivity index (χ4v) is 5.82. The molecule has 0 unspecified atom stereocenters. The summed E-state index contributed by atoms with van der Waals surface area (Å²) in [6.45, 7) is 5.74. The molecule has 3 heterocycles. The Morgan fingerprint density at radius 2 is 1.90 bits per heavy atom. The van der Waals surface area contributed by atoms with Crippen molar-refractivity contribution in [3.63, 3.8) is 0 Å². The minimum atomic E-state index is -0.667.